The van der Waals surface area contributed by atoms with E-state index < -0.39 is 51.4 Å². The summed E-state index contributed by atoms with van der Waals surface area (Å²) in [6, 6.07) is 4.26. The zero-order valence-electron chi connectivity index (χ0n) is 15.6. The third-order valence-electron chi connectivity index (χ3n) is 5.81. The molecule has 151 valence electrons. The van der Waals surface area contributed by atoms with E-state index in [1.807, 2.05) is 6.07 Å². The molecule has 2 aliphatic heterocycles. The van der Waals surface area contributed by atoms with Gasteiger partial charge in [0.2, 0.25) is 0 Å². The Balaban J connectivity index is 1.55. The van der Waals surface area contributed by atoms with E-state index in [0.29, 0.717) is 28.7 Å². The van der Waals surface area contributed by atoms with Crippen molar-refractivity contribution in [1.82, 2.24) is 10.2 Å². The number of carboxylic acid groups (broad SMARTS) is 1. The molecule has 8 nitrogen and oxygen atoms in total. The van der Waals surface area contributed by atoms with Crippen LogP contribution in [0.25, 0.3) is 0 Å². The zero-order valence-corrected chi connectivity index (χ0v) is 17.5. The summed E-state index contributed by atoms with van der Waals surface area (Å²) in [6.07, 6.45) is 3.12. The number of piperidine rings is 1. The van der Waals surface area contributed by atoms with Gasteiger partial charge < -0.3 is 0 Å². The molecule has 4 amide bonds. The summed E-state index contributed by atoms with van der Waals surface area (Å²) in [6.45, 7) is 0. The number of amides is 4. The topological polar surface area (TPSA) is 121 Å². The summed E-state index contributed by atoms with van der Waals surface area (Å²) < 4.78 is 1.20. The quantitative estimate of drug-likeness (QED) is 0.499. The van der Waals surface area contributed by atoms with Crippen LogP contribution in [0.4, 0.5) is 0 Å². The van der Waals surface area contributed by atoms with Gasteiger partial charge in [0.25, 0.3) is 0 Å². The van der Waals surface area contributed by atoms with Crippen LogP contribution in [0, 0.1) is 5.92 Å². The predicted octanol–water partition coefficient (Wildman–Crippen LogP) is 0.481. The molecule has 4 rings (SSSR count). The molecule has 2 fully saturated rings. The fourth-order valence-electron chi connectivity index (χ4n) is 4.25. The molecule has 1 radical (unpaired) electrons. The summed E-state index contributed by atoms with van der Waals surface area (Å²) in [5.41, 5.74) is 0.689. The number of carboxylic acids is 1. The summed E-state index contributed by atoms with van der Waals surface area (Å²) in [5, 5.41) is 11.4. The van der Waals surface area contributed by atoms with E-state index >= 15 is 0 Å². The van der Waals surface area contributed by atoms with Crippen molar-refractivity contribution in [3.05, 3.63) is 29.3 Å². The zero-order chi connectivity index (χ0) is 20.7. The minimum atomic E-state index is -0.963. The number of fused-ring (bicyclic) bond motifs is 1. The molecule has 2 N–H and O–H groups in total. The monoisotopic (exact) mass is 459 g/mol. The van der Waals surface area contributed by atoms with Crippen LogP contribution in [-0.4, -0.2) is 61.4 Å². The van der Waals surface area contributed by atoms with Crippen LogP contribution < -0.4 is 9.67 Å². The summed E-state index contributed by atoms with van der Waals surface area (Å²) >= 11 is -0.414. The van der Waals surface area contributed by atoms with Crippen LogP contribution in [-0.2, 0) is 14.4 Å². The molecule has 1 aliphatic carbocycles. The Morgan fingerprint density at radius 2 is 1.76 bits per heavy atom. The number of benzene rings is 1. The molecular weight excluding hydrogens is 439 g/mol. The van der Waals surface area contributed by atoms with Gasteiger partial charge in [-0.05, 0) is 0 Å². The van der Waals surface area contributed by atoms with Gasteiger partial charge in [0.05, 0.1) is 0 Å². The summed E-state index contributed by atoms with van der Waals surface area (Å²) in [5.74, 6) is -3.01. The molecule has 1 aromatic rings. The summed E-state index contributed by atoms with van der Waals surface area (Å²) in [4.78, 5) is 61.7. The van der Waals surface area contributed by atoms with E-state index in [1.165, 1.54) is 0 Å². The van der Waals surface area contributed by atoms with Gasteiger partial charge in [-0.25, -0.2) is 0 Å². The van der Waals surface area contributed by atoms with Gasteiger partial charge in [0, 0.05) is 0 Å². The Bertz CT molecular complexity index is 922. The standard InChI is InChI=1S/C20H20AsN2O6/c24-15-9-8-14(17(25)22-15)23-18(26)12-2-1-3-13(16(12)19(23)27)21-11-6-4-10(5-7-11)20(28)29/h1-3,10-11,14H,4-9H2,(H,28,29)(H,22,24,25). The van der Waals surface area contributed by atoms with Crippen molar-refractivity contribution in [3.8, 4) is 0 Å². The Labute approximate surface area is 173 Å². The van der Waals surface area contributed by atoms with Crippen LogP contribution >= 0.6 is 0 Å². The molecule has 1 saturated carbocycles. The Hall–Kier alpha value is -2.47. The molecule has 0 bridgehead atoms. The molecular formula is C20H20AsN2O6. The van der Waals surface area contributed by atoms with E-state index in [1.54, 1.807) is 12.1 Å². The molecule has 0 aromatic heterocycles. The number of hydrogen-bond donors (Lipinski definition) is 2. The number of aliphatic carboxylic acids is 1. The Kier molecular flexibility index (Phi) is 5.30. The van der Waals surface area contributed by atoms with Gasteiger partial charge in [-0.1, -0.05) is 0 Å². The number of carbonyl (C=O) groups is 5. The average molecular weight is 459 g/mol. The number of rotatable bonds is 4. The van der Waals surface area contributed by atoms with Crippen LogP contribution in [0.2, 0.25) is 4.71 Å². The second kappa shape index (κ2) is 7.75. The normalized spacial score (nSPS) is 27.4. The van der Waals surface area contributed by atoms with Gasteiger partial charge in [0.1, 0.15) is 0 Å². The van der Waals surface area contributed by atoms with Crippen LogP contribution in [0.5, 0.6) is 0 Å². The summed E-state index contributed by atoms with van der Waals surface area (Å²) in [7, 11) is 0. The first-order chi connectivity index (χ1) is 13.9. The van der Waals surface area contributed by atoms with Gasteiger partial charge in [-0.15, -0.1) is 0 Å². The number of nitrogens with one attached hydrogen (secondary N) is 1. The van der Waals surface area contributed by atoms with Crippen molar-refractivity contribution >= 4 is 49.7 Å². The SMILES string of the molecule is O=C1CCC(N2C(=O)c3cccc([As]C4CCC(C(=O)O)CC4)c3C2=O)C(=O)N1. The first kappa shape index (κ1) is 19.8. The number of imide groups is 2. The second-order valence-electron chi connectivity index (χ2n) is 7.62. The molecule has 0 spiro atoms. The molecule has 1 atom stereocenters. The van der Waals surface area contributed by atoms with Crippen molar-refractivity contribution in [2.45, 2.75) is 49.3 Å². The van der Waals surface area contributed by atoms with Gasteiger partial charge >= 0.3 is 174 Å². The first-order valence-electron chi connectivity index (χ1n) is 9.65. The molecule has 1 unspecified atom stereocenters. The number of carbonyl (C=O) groups excluding carboxylic acids is 4. The molecule has 1 aromatic carbocycles. The van der Waals surface area contributed by atoms with E-state index in [-0.39, 0.29) is 18.8 Å². The van der Waals surface area contributed by atoms with E-state index in [4.69, 9.17) is 5.11 Å². The van der Waals surface area contributed by atoms with Crippen molar-refractivity contribution in [2.75, 3.05) is 0 Å². The van der Waals surface area contributed by atoms with Crippen LogP contribution in [0.15, 0.2) is 18.2 Å². The van der Waals surface area contributed by atoms with Gasteiger partial charge in [0.15, 0.2) is 0 Å². The van der Waals surface area contributed by atoms with Crippen molar-refractivity contribution in [3.63, 3.8) is 0 Å². The van der Waals surface area contributed by atoms with Crippen LogP contribution in [0.3, 0.4) is 0 Å². The Morgan fingerprint density at radius 3 is 2.41 bits per heavy atom. The molecule has 3 aliphatic rings. The minimum absolute atomic E-state index is 0.0927. The number of hydrogen-bond acceptors (Lipinski definition) is 5. The van der Waals surface area contributed by atoms with Crippen molar-refractivity contribution < 1.29 is 29.1 Å². The maximum absolute atomic E-state index is 13.1. The number of nitrogens with zero attached hydrogens (tertiary/aromatic N) is 1. The van der Waals surface area contributed by atoms with E-state index in [2.05, 4.69) is 5.32 Å². The predicted molar refractivity (Wildman–Crippen MR) is 102 cm³/mol. The fourth-order valence-corrected chi connectivity index (χ4v) is 7.33. The van der Waals surface area contributed by atoms with Gasteiger partial charge in [-0.3, -0.25) is 0 Å². The second-order valence-corrected chi connectivity index (χ2v) is 10.7. The van der Waals surface area contributed by atoms with E-state index in [0.717, 1.165) is 22.1 Å². The Morgan fingerprint density at radius 1 is 1.03 bits per heavy atom. The third-order valence-corrected chi connectivity index (χ3v) is 9.03. The van der Waals surface area contributed by atoms with Crippen molar-refractivity contribution in [1.29, 1.82) is 0 Å². The average Bonchev–Trinajstić information content (AvgIpc) is 2.94. The molecule has 29 heavy (non-hydrogen) atoms. The molecule has 1 saturated heterocycles. The third kappa shape index (κ3) is 3.61. The van der Waals surface area contributed by atoms with Crippen LogP contribution in [0.1, 0.15) is 59.2 Å². The van der Waals surface area contributed by atoms with Crippen molar-refractivity contribution in [2.24, 2.45) is 5.92 Å². The molecule has 9 heteroatoms. The van der Waals surface area contributed by atoms with E-state index in [9.17, 15) is 24.0 Å². The van der Waals surface area contributed by atoms with Gasteiger partial charge in [-0.2, -0.15) is 0 Å². The maximum atomic E-state index is 13.1. The fraction of sp³-hybridized carbons (Fsp3) is 0.450. The molecule has 2 heterocycles. The first-order valence-corrected chi connectivity index (χ1v) is 11.7.